The molecule has 0 aromatic heterocycles. The van der Waals surface area contributed by atoms with Gasteiger partial charge in [-0.15, -0.1) is 0 Å². The van der Waals surface area contributed by atoms with Gasteiger partial charge >= 0.3 is 5.97 Å². The number of carboxylic acid groups (broad SMARTS) is 1. The fourth-order valence-corrected chi connectivity index (χ4v) is 1.26. The fraction of sp³-hybridized carbons (Fsp3) is 0.273. The summed E-state index contributed by atoms with van der Waals surface area (Å²) in [6.07, 6.45) is 0. The zero-order valence-corrected chi connectivity index (χ0v) is 8.61. The highest BCUT2D eigenvalue weighted by atomic mass is 16.5. The number of ketones is 1. The quantitative estimate of drug-likeness (QED) is 0.603. The lowest BCUT2D eigenvalue weighted by atomic mass is 10.0. The Morgan fingerprint density at radius 3 is 2.53 bits per heavy atom. The Morgan fingerprint density at radius 2 is 2.07 bits per heavy atom. The van der Waals surface area contributed by atoms with Crippen LogP contribution in [0.15, 0.2) is 18.2 Å². The molecule has 4 nitrogen and oxygen atoms in total. The molecule has 0 aliphatic carbocycles. The first kappa shape index (κ1) is 11.2. The molecule has 0 aliphatic rings. The number of benzene rings is 1. The molecule has 0 fully saturated rings. The third-order valence-corrected chi connectivity index (χ3v) is 1.95. The largest absolute Gasteiger partial charge is 0.494 e. The van der Waals surface area contributed by atoms with Crippen LogP contribution in [0.1, 0.15) is 22.8 Å². The summed E-state index contributed by atoms with van der Waals surface area (Å²) in [4.78, 5) is 21.7. The number of carbonyl (C=O) groups excluding carboxylic acids is 1. The highest BCUT2D eigenvalue weighted by Gasteiger charge is 2.16. The molecule has 0 radical (unpaired) electrons. The van der Waals surface area contributed by atoms with Crippen molar-refractivity contribution in [2.24, 2.45) is 0 Å². The van der Waals surface area contributed by atoms with E-state index in [1.807, 2.05) is 6.92 Å². The zero-order chi connectivity index (χ0) is 11.4. The summed E-state index contributed by atoms with van der Waals surface area (Å²) in [5, 5.41) is 8.55. The Kier molecular flexibility index (Phi) is 3.44. The van der Waals surface area contributed by atoms with Gasteiger partial charge in [-0.2, -0.15) is 0 Å². The molecule has 1 N–H and O–H groups in total. The average molecular weight is 208 g/mol. The number of carboxylic acids is 1. The van der Waals surface area contributed by atoms with E-state index in [1.54, 1.807) is 19.1 Å². The predicted octanol–water partition coefficient (Wildman–Crippen LogP) is 1.66. The maximum atomic E-state index is 11.2. The van der Waals surface area contributed by atoms with Crippen LogP contribution < -0.4 is 4.74 Å². The van der Waals surface area contributed by atoms with Crippen molar-refractivity contribution in [1.82, 2.24) is 0 Å². The zero-order valence-electron chi connectivity index (χ0n) is 8.61. The van der Waals surface area contributed by atoms with Crippen LogP contribution in [-0.4, -0.2) is 23.5 Å². The average Bonchev–Trinajstić information content (AvgIpc) is 2.17. The molecule has 0 saturated heterocycles. The summed E-state index contributed by atoms with van der Waals surface area (Å²) in [6.45, 7) is 4.07. The molecule has 1 aromatic carbocycles. The van der Waals surface area contributed by atoms with Gasteiger partial charge in [0.15, 0.2) is 0 Å². The lowest BCUT2D eigenvalue weighted by Crippen LogP contribution is -2.14. The van der Waals surface area contributed by atoms with Gasteiger partial charge in [0.25, 0.3) is 5.78 Å². The van der Waals surface area contributed by atoms with Crippen molar-refractivity contribution in [1.29, 1.82) is 0 Å². The van der Waals surface area contributed by atoms with E-state index in [0.717, 1.165) is 0 Å². The number of aliphatic carboxylic acids is 1. The first-order valence-electron chi connectivity index (χ1n) is 4.57. The normalized spacial score (nSPS) is 9.73. The van der Waals surface area contributed by atoms with Gasteiger partial charge in [-0.3, -0.25) is 4.79 Å². The minimum Gasteiger partial charge on any atom is -0.494 e. The molecule has 15 heavy (non-hydrogen) atoms. The number of carbonyl (C=O) groups is 2. The number of hydrogen-bond acceptors (Lipinski definition) is 3. The Hall–Kier alpha value is -1.84. The number of ether oxygens (including phenoxy) is 1. The van der Waals surface area contributed by atoms with E-state index in [9.17, 15) is 9.59 Å². The van der Waals surface area contributed by atoms with E-state index in [2.05, 4.69) is 0 Å². The van der Waals surface area contributed by atoms with Gasteiger partial charge in [0, 0.05) is 5.56 Å². The molecule has 0 heterocycles. The van der Waals surface area contributed by atoms with E-state index in [4.69, 9.17) is 9.84 Å². The number of hydrogen-bond donors (Lipinski definition) is 1. The maximum absolute atomic E-state index is 11.2. The van der Waals surface area contributed by atoms with E-state index in [0.29, 0.717) is 17.9 Å². The van der Waals surface area contributed by atoms with Crippen molar-refractivity contribution >= 4 is 11.8 Å². The molecule has 1 rings (SSSR count). The van der Waals surface area contributed by atoms with Gasteiger partial charge < -0.3 is 9.84 Å². The predicted molar refractivity (Wildman–Crippen MR) is 54.3 cm³/mol. The summed E-state index contributed by atoms with van der Waals surface area (Å²) in [5.74, 6) is -1.70. The van der Waals surface area contributed by atoms with Crippen LogP contribution in [0.3, 0.4) is 0 Å². The second-order valence-electron chi connectivity index (χ2n) is 3.04. The van der Waals surface area contributed by atoms with Crippen LogP contribution in [0.25, 0.3) is 0 Å². The van der Waals surface area contributed by atoms with Crippen molar-refractivity contribution < 1.29 is 19.4 Å². The van der Waals surface area contributed by atoms with Gasteiger partial charge in [-0.25, -0.2) is 4.79 Å². The third-order valence-electron chi connectivity index (χ3n) is 1.95. The second-order valence-corrected chi connectivity index (χ2v) is 3.04. The molecule has 80 valence electrons. The summed E-state index contributed by atoms with van der Waals surface area (Å²) in [6, 6.07) is 4.71. The van der Waals surface area contributed by atoms with Crippen molar-refractivity contribution in [2.45, 2.75) is 13.8 Å². The van der Waals surface area contributed by atoms with Crippen LogP contribution in [0.5, 0.6) is 5.75 Å². The van der Waals surface area contributed by atoms with Gasteiger partial charge in [0.05, 0.1) is 6.61 Å². The number of aryl methyl sites for hydroxylation is 1. The van der Waals surface area contributed by atoms with E-state index in [-0.39, 0.29) is 5.56 Å². The smallest absolute Gasteiger partial charge is 0.377 e. The standard InChI is InChI=1S/C11H12O4/c1-3-15-8-4-5-9(7(2)6-8)10(12)11(13)14/h4-6H,3H2,1-2H3,(H,13,14). The Balaban J connectivity index is 3.03. The molecule has 0 aliphatic heterocycles. The van der Waals surface area contributed by atoms with Crippen LogP contribution in [-0.2, 0) is 4.79 Å². The summed E-state index contributed by atoms with van der Waals surface area (Å²) >= 11 is 0. The van der Waals surface area contributed by atoms with Crippen LogP contribution in [0, 0.1) is 6.92 Å². The van der Waals surface area contributed by atoms with Crippen molar-refractivity contribution in [3.63, 3.8) is 0 Å². The molecule has 0 unspecified atom stereocenters. The summed E-state index contributed by atoms with van der Waals surface area (Å²) < 4.78 is 5.22. The van der Waals surface area contributed by atoms with Gasteiger partial charge in [0.1, 0.15) is 5.75 Å². The molecule has 0 amide bonds. The lowest BCUT2D eigenvalue weighted by Gasteiger charge is -2.06. The van der Waals surface area contributed by atoms with Gasteiger partial charge in [-0.1, -0.05) is 0 Å². The van der Waals surface area contributed by atoms with Crippen LogP contribution >= 0.6 is 0 Å². The van der Waals surface area contributed by atoms with Crippen LogP contribution in [0.4, 0.5) is 0 Å². The summed E-state index contributed by atoms with van der Waals surface area (Å²) in [5.41, 5.74) is 0.805. The minimum atomic E-state index is -1.44. The lowest BCUT2D eigenvalue weighted by molar-refractivity contribution is -0.131. The molecule has 0 bridgehead atoms. The van der Waals surface area contributed by atoms with Crippen molar-refractivity contribution in [3.8, 4) is 5.75 Å². The number of rotatable bonds is 4. The maximum Gasteiger partial charge on any atom is 0.377 e. The van der Waals surface area contributed by atoms with Gasteiger partial charge in [0.2, 0.25) is 0 Å². The Labute approximate surface area is 87.5 Å². The Bertz CT molecular complexity index is 396. The van der Waals surface area contributed by atoms with E-state index < -0.39 is 11.8 Å². The number of Topliss-reactive ketones (excluding diaryl/α,β-unsaturated/α-hetero) is 1. The van der Waals surface area contributed by atoms with Gasteiger partial charge in [-0.05, 0) is 37.6 Å². The van der Waals surface area contributed by atoms with Crippen LogP contribution in [0.2, 0.25) is 0 Å². The molecule has 1 aromatic rings. The molecule has 0 atom stereocenters. The molecular formula is C11H12O4. The first-order chi connectivity index (χ1) is 7.06. The van der Waals surface area contributed by atoms with E-state index >= 15 is 0 Å². The highest BCUT2D eigenvalue weighted by Crippen LogP contribution is 2.17. The topological polar surface area (TPSA) is 63.6 Å². The third kappa shape index (κ3) is 2.56. The monoisotopic (exact) mass is 208 g/mol. The second kappa shape index (κ2) is 4.59. The fourth-order valence-electron chi connectivity index (χ4n) is 1.26. The highest BCUT2D eigenvalue weighted by molar-refractivity contribution is 6.40. The molecule has 4 heteroatoms. The summed E-state index contributed by atoms with van der Waals surface area (Å²) in [7, 11) is 0. The minimum absolute atomic E-state index is 0.200. The first-order valence-corrected chi connectivity index (χ1v) is 4.57. The SMILES string of the molecule is CCOc1ccc(C(=O)C(=O)O)c(C)c1. The molecule has 0 saturated carbocycles. The molecular weight excluding hydrogens is 196 g/mol. The van der Waals surface area contributed by atoms with E-state index in [1.165, 1.54) is 6.07 Å². The van der Waals surface area contributed by atoms with Crippen molar-refractivity contribution in [3.05, 3.63) is 29.3 Å². The van der Waals surface area contributed by atoms with Crippen molar-refractivity contribution in [2.75, 3.05) is 6.61 Å². The Morgan fingerprint density at radius 1 is 1.40 bits per heavy atom. The molecule has 0 spiro atoms.